The molecule has 0 radical (unpaired) electrons. The summed E-state index contributed by atoms with van der Waals surface area (Å²) < 4.78 is 6.06. The Morgan fingerprint density at radius 1 is 1.40 bits per heavy atom. The third kappa shape index (κ3) is 3.00. The number of ether oxygens (including phenoxy) is 1. The molecule has 0 fully saturated rings. The Kier molecular flexibility index (Phi) is 4.09. The van der Waals surface area contributed by atoms with Crippen molar-refractivity contribution < 1.29 is 14.6 Å². The number of thiazole rings is 1. The number of azo groups is 1. The lowest BCUT2D eigenvalue weighted by Gasteiger charge is -1.96. The molecule has 0 amide bonds. The van der Waals surface area contributed by atoms with E-state index in [1.165, 1.54) is 25.2 Å². The van der Waals surface area contributed by atoms with Crippen LogP contribution in [0, 0.1) is 0 Å². The Balaban J connectivity index is 2.35. The fourth-order valence-corrected chi connectivity index (χ4v) is 2.32. The van der Waals surface area contributed by atoms with Gasteiger partial charge in [0, 0.05) is 13.0 Å². The first-order chi connectivity index (χ1) is 9.51. The lowest BCUT2D eigenvalue weighted by molar-refractivity contribution is -0.113. The maximum atomic E-state index is 11.3. The van der Waals surface area contributed by atoms with Crippen molar-refractivity contribution in [3.8, 4) is 5.75 Å². The molecule has 0 unspecified atom stereocenters. The second kappa shape index (κ2) is 5.79. The second-order valence-corrected chi connectivity index (χ2v) is 5.03. The maximum Gasteiger partial charge on any atom is 0.231 e. The Morgan fingerprint density at radius 2 is 2.15 bits per heavy atom. The molecular formula is C13H13N3O3S. The van der Waals surface area contributed by atoms with Gasteiger partial charge in [0.1, 0.15) is 11.5 Å². The van der Waals surface area contributed by atoms with Gasteiger partial charge in [0.25, 0.3) is 0 Å². The van der Waals surface area contributed by atoms with Crippen LogP contribution in [0.4, 0.5) is 5.13 Å². The highest BCUT2D eigenvalue weighted by molar-refractivity contribution is 7.21. The predicted molar refractivity (Wildman–Crippen MR) is 76.7 cm³/mol. The minimum atomic E-state index is -0.350. The summed E-state index contributed by atoms with van der Waals surface area (Å²) in [6, 6.07) is 5.51. The molecule has 2 rings (SSSR count). The molecule has 2 aromatic rings. The van der Waals surface area contributed by atoms with Gasteiger partial charge in [-0.15, -0.1) is 10.2 Å². The first kappa shape index (κ1) is 14.1. The molecule has 0 spiro atoms. The van der Waals surface area contributed by atoms with Crippen LogP contribution < -0.4 is 4.74 Å². The number of fused-ring (bicyclic) bond motifs is 1. The molecule has 0 bridgehead atoms. The molecule has 1 aromatic carbocycles. The van der Waals surface area contributed by atoms with Crippen molar-refractivity contribution in [1.29, 1.82) is 0 Å². The number of methoxy groups -OCH3 is 1. The summed E-state index contributed by atoms with van der Waals surface area (Å²) in [4.78, 5) is 15.5. The molecular weight excluding hydrogens is 278 g/mol. The molecule has 1 heterocycles. The molecule has 1 aromatic heterocycles. The van der Waals surface area contributed by atoms with Gasteiger partial charge in [0.2, 0.25) is 5.13 Å². The summed E-state index contributed by atoms with van der Waals surface area (Å²) in [5, 5.41) is 17.4. The first-order valence-corrected chi connectivity index (χ1v) is 6.60. The van der Waals surface area contributed by atoms with Gasteiger partial charge in [-0.05, 0) is 19.1 Å². The van der Waals surface area contributed by atoms with Crippen molar-refractivity contribution >= 4 is 32.5 Å². The number of ketones is 1. The molecule has 0 aliphatic rings. The molecule has 104 valence electrons. The van der Waals surface area contributed by atoms with Crippen molar-refractivity contribution in [2.24, 2.45) is 10.2 Å². The van der Waals surface area contributed by atoms with Crippen LogP contribution in [0.25, 0.3) is 10.2 Å². The number of aromatic nitrogens is 1. The normalized spacial score (nSPS) is 12.8. The number of carbonyl (C=O) groups is 1. The molecule has 6 nitrogen and oxygen atoms in total. The number of hydrogen-bond donors (Lipinski definition) is 1. The lowest BCUT2D eigenvalue weighted by Crippen LogP contribution is -1.96. The van der Waals surface area contributed by atoms with Gasteiger partial charge in [-0.1, -0.05) is 11.3 Å². The monoisotopic (exact) mass is 291 g/mol. The molecule has 0 atom stereocenters. The van der Waals surface area contributed by atoms with Gasteiger partial charge in [-0.3, -0.25) is 4.79 Å². The number of carbonyl (C=O) groups excluding carboxylic acids is 1. The third-order valence-corrected chi connectivity index (χ3v) is 3.42. The molecule has 0 aliphatic heterocycles. The summed E-state index contributed by atoms with van der Waals surface area (Å²) in [6.07, 6.45) is 0. The van der Waals surface area contributed by atoms with E-state index < -0.39 is 0 Å². The van der Waals surface area contributed by atoms with E-state index >= 15 is 0 Å². The summed E-state index contributed by atoms with van der Waals surface area (Å²) in [5.74, 6) is 0.197. The average molecular weight is 291 g/mol. The highest BCUT2D eigenvalue weighted by atomic mass is 32.1. The van der Waals surface area contributed by atoms with E-state index in [1.54, 1.807) is 13.2 Å². The zero-order valence-corrected chi connectivity index (χ0v) is 12.1. The fraction of sp³-hybridized carbons (Fsp3) is 0.231. The van der Waals surface area contributed by atoms with Crippen LogP contribution in [0.2, 0.25) is 0 Å². The van der Waals surface area contributed by atoms with Gasteiger partial charge >= 0.3 is 0 Å². The van der Waals surface area contributed by atoms with Crippen molar-refractivity contribution in [3.63, 3.8) is 0 Å². The molecule has 0 aliphatic carbocycles. The minimum absolute atomic E-state index is 0.0677. The molecule has 7 heteroatoms. The number of aliphatic hydroxyl groups excluding tert-OH is 1. The standard InChI is InChI=1S/C13H13N3O3S/c1-7(17)12(8(2)18)15-16-13-14-10-6-9(19-3)4-5-11(10)20-13/h4-6,17H,1-3H3/b12-7-,16-15?. The van der Waals surface area contributed by atoms with Crippen molar-refractivity contribution in [1.82, 2.24) is 4.98 Å². The first-order valence-electron chi connectivity index (χ1n) is 5.78. The Hall–Kier alpha value is -2.28. The highest BCUT2D eigenvalue weighted by Gasteiger charge is 2.08. The number of aliphatic hydroxyl groups is 1. The van der Waals surface area contributed by atoms with E-state index in [-0.39, 0.29) is 17.2 Å². The van der Waals surface area contributed by atoms with Gasteiger partial charge in [0.05, 0.1) is 17.3 Å². The van der Waals surface area contributed by atoms with Crippen LogP contribution in [-0.4, -0.2) is 23.0 Å². The number of benzene rings is 1. The van der Waals surface area contributed by atoms with Gasteiger partial charge in [-0.2, -0.15) is 0 Å². The Morgan fingerprint density at radius 3 is 2.75 bits per heavy atom. The van der Waals surface area contributed by atoms with Gasteiger partial charge < -0.3 is 9.84 Å². The van der Waals surface area contributed by atoms with Crippen LogP contribution in [-0.2, 0) is 4.79 Å². The Bertz CT molecular complexity index is 715. The van der Waals surface area contributed by atoms with E-state index in [9.17, 15) is 9.90 Å². The molecule has 0 saturated carbocycles. The van der Waals surface area contributed by atoms with Gasteiger partial charge in [0.15, 0.2) is 11.5 Å². The fourth-order valence-electron chi connectivity index (χ4n) is 1.56. The zero-order chi connectivity index (χ0) is 14.7. The topological polar surface area (TPSA) is 84.1 Å². The number of allylic oxidation sites excluding steroid dienone is 2. The Labute approximate surface area is 119 Å². The number of Topliss-reactive ketones (excluding diaryl/α,β-unsaturated/α-hetero) is 1. The molecule has 1 N–H and O–H groups in total. The van der Waals surface area contributed by atoms with E-state index in [0.29, 0.717) is 10.9 Å². The number of hydrogen-bond acceptors (Lipinski definition) is 7. The maximum absolute atomic E-state index is 11.3. The summed E-state index contributed by atoms with van der Waals surface area (Å²) in [5.41, 5.74) is 0.680. The molecule has 20 heavy (non-hydrogen) atoms. The zero-order valence-electron chi connectivity index (χ0n) is 11.2. The van der Waals surface area contributed by atoms with Crippen LogP contribution in [0.3, 0.4) is 0 Å². The number of rotatable bonds is 4. The van der Waals surface area contributed by atoms with Crippen LogP contribution >= 0.6 is 11.3 Å². The van der Waals surface area contributed by atoms with Crippen LogP contribution in [0.5, 0.6) is 5.75 Å². The SMILES string of the molecule is COc1ccc2sc(N=N/C(C(C)=O)=C(/C)O)nc2c1. The van der Waals surface area contributed by atoms with Crippen molar-refractivity contribution in [2.75, 3.05) is 7.11 Å². The highest BCUT2D eigenvalue weighted by Crippen LogP contribution is 2.31. The summed E-state index contributed by atoms with van der Waals surface area (Å²) in [6.45, 7) is 2.70. The third-order valence-electron chi connectivity index (χ3n) is 2.50. The van der Waals surface area contributed by atoms with E-state index in [1.807, 2.05) is 12.1 Å². The summed E-state index contributed by atoms with van der Waals surface area (Å²) >= 11 is 1.34. The van der Waals surface area contributed by atoms with Crippen LogP contribution in [0.15, 0.2) is 39.9 Å². The minimum Gasteiger partial charge on any atom is -0.510 e. The summed E-state index contributed by atoms with van der Waals surface area (Å²) in [7, 11) is 1.59. The van der Waals surface area contributed by atoms with E-state index in [0.717, 1.165) is 10.2 Å². The quantitative estimate of drug-likeness (QED) is 0.528. The van der Waals surface area contributed by atoms with E-state index in [2.05, 4.69) is 15.2 Å². The molecule has 0 saturated heterocycles. The largest absolute Gasteiger partial charge is 0.510 e. The van der Waals surface area contributed by atoms with Gasteiger partial charge in [-0.25, -0.2) is 4.98 Å². The van der Waals surface area contributed by atoms with E-state index in [4.69, 9.17) is 4.74 Å². The van der Waals surface area contributed by atoms with Crippen molar-refractivity contribution in [3.05, 3.63) is 29.7 Å². The smallest absolute Gasteiger partial charge is 0.231 e. The average Bonchev–Trinajstić information content (AvgIpc) is 2.79. The van der Waals surface area contributed by atoms with Crippen LogP contribution in [0.1, 0.15) is 13.8 Å². The predicted octanol–water partition coefficient (Wildman–Crippen LogP) is 3.77. The lowest BCUT2D eigenvalue weighted by atomic mass is 10.3. The van der Waals surface area contributed by atoms with Crippen molar-refractivity contribution in [2.45, 2.75) is 13.8 Å². The second-order valence-electron chi connectivity index (χ2n) is 4.02. The number of nitrogens with zero attached hydrogens (tertiary/aromatic N) is 3.